The molecule has 4 aromatic rings. The van der Waals surface area contributed by atoms with Crippen molar-refractivity contribution >= 4 is 22.6 Å². The minimum atomic E-state index is -0.417. The second-order valence-electron chi connectivity index (χ2n) is 7.83. The van der Waals surface area contributed by atoms with E-state index in [1.807, 2.05) is 54.6 Å². The molecule has 1 aliphatic heterocycles. The summed E-state index contributed by atoms with van der Waals surface area (Å²) >= 11 is 6.61. The molecule has 0 radical (unpaired) electrons. The zero-order valence-electron chi connectivity index (χ0n) is 18.3. The van der Waals surface area contributed by atoms with Crippen LogP contribution in [0.3, 0.4) is 0 Å². The van der Waals surface area contributed by atoms with Gasteiger partial charge in [-0.05, 0) is 23.3 Å². The number of hydrogen-bond acceptors (Lipinski definition) is 6. The van der Waals surface area contributed by atoms with Crippen molar-refractivity contribution in [3.63, 3.8) is 0 Å². The van der Waals surface area contributed by atoms with Gasteiger partial charge >= 0.3 is 5.63 Å². The standard InChI is InChI=1S/C26H22ClNO5/c1-30-18-9-8-17(23(10-18)31-2)13-28-14-21-25-20(11-22(27)26(21)32-15-28)19(12-24(29)33-25)16-6-4-3-5-7-16/h3-12H,13-15H2,1-2H3. The Morgan fingerprint density at radius 3 is 2.61 bits per heavy atom. The number of nitrogens with zero attached hydrogens (tertiary/aromatic N) is 1. The van der Waals surface area contributed by atoms with E-state index < -0.39 is 5.63 Å². The van der Waals surface area contributed by atoms with Gasteiger partial charge in [0.05, 0.1) is 24.8 Å². The van der Waals surface area contributed by atoms with Crippen LogP contribution in [0.15, 0.2) is 69.9 Å². The Kier molecular flexibility index (Phi) is 5.70. The average Bonchev–Trinajstić information content (AvgIpc) is 2.85. The summed E-state index contributed by atoms with van der Waals surface area (Å²) in [7, 11) is 3.25. The molecule has 7 heteroatoms. The predicted octanol–water partition coefficient (Wildman–Crippen LogP) is 5.48. The molecule has 0 amide bonds. The minimum Gasteiger partial charge on any atom is -0.497 e. The van der Waals surface area contributed by atoms with Gasteiger partial charge in [0.25, 0.3) is 0 Å². The molecule has 0 saturated carbocycles. The second-order valence-corrected chi connectivity index (χ2v) is 8.23. The fourth-order valence-corrected chi connectivity index (χ4v) is 4.49. The van der Waals surface area contributed by atoms with Gasteiger partial charge in [0, 0.05) is 36.2 Å². The Hall–Kier alpha value is -3.48. The van der Waals surface area contributed by atoms with Crippen LogP contribution in [0.2, 0.25) is 5.02 Å². The van der Waals surface area contributed by atoms with Crippen LogP contribution in [0.1, 0.15) is 11.1 Å². The third-order valence-electron chi connectivity index (χ3n) is 5.78. The summed E-state index contributed by atoms with van der Waals surface area (Å²) in [5.41, 5.74) is 3.52. The third-order valence-corrected chi connectivity index (χ3v) is 6.06. The zero-order chi connectivity index (χ0) is 22.9. The first-order chi connectivity index (χ1) is 16.1. The minimum absolute atomic E-state index is 0.343. The Bertz CT molecular complexity index is 1380. The maximum Gasteiger partial charge on any atom is 0.336 e. The first kappa shape index (κ1) is 21.4. The molecule has 1 aliphatic rings. The van der Waals surface area contributed by atoms with E-state index in [1.54, 1.807) is 14.2 Å². The Morgan fingerprint density at radius 1 is 1.03 bits per heavy atom. The molecule has 0 bridgehead atoms. The van der Waals surface area contributed by atoms with Gasteiger partial charge in [-0.1, -0.05) is 48.0 Å². The van der Waals surface area contributed by atoms with Crippen LogP contribution in [0.5, 0.6) is 17.2 Å². The molecule has 6 nitrogen and oxygen atoms in total. The molecule has 0 N–H and O–H groups in total. The molecule has 0 saturated heterocycles. The van der Waals surface area contributed by atoms with E-state index in [9.17, 15) is 4.79 Å². The molecule has 0 aliphatic carbocycles. The van der Waals surface area contributed by atoms with Gasteiger partial charge in [-0.25, -0.2) is 4.79 Å². The average molecular weight is 464 g/mol. The highest BCUT2D eigenvalue weighted by atomic mass is 35.5. The third kappa shape index (κ3) is 4.03. The molecular weight excluding hydrogens is 442 g/mol. The van der Waals surface area contributed by atoms with Crippen molar-refractivity contribution in [3.05, 3.63) is 87.2 Å². The van der Waals surface area contributed by atoms with Gasteiger partial charge in [0.2, 0.25) is 0 Å². The van der Waals surface area contributed by atoms with E-state index in [2.05, 4.69) is 4.90 Å². The summed E-state index contributed by atoms with van der Waals surface area (Å²) in [5.74, 6) is 2.01. The molecule has 168 valence electrons. The van der Waals surface area contributed by atoms with E-state index in [1.165, 1.54) is 6.07 Å². The molecular formula is C26H22ClNO5. The lowest BCUT2D eigenvalue weighted by atomic mass is 9.99. The highest BCUT2D eigenvalue weighted by Gasteiger charge is 2.26. The number of fused-ring (bicyclic) bond motifs is 3. The van der Waals surface area contributed by atoms with Gasteiger partial charge in [-0.3, -0.25) is 4.90 Å². The lowest BCUT2D eigenvalue weighted by molar-refractivity contribution is 0.0883. The van der Waals surface area contributed by atoms with Crippen LogP contribution in [0.4, 0.5) is 0 Å². The quantitative estimate of drug-likeness (QED) is 0.365. The number of rotatable bonds is 5. The summed E-state index contributed by atoms with van der Waals surface area (Å²) in [5, 5.41) is 1.27. The maximum absolute atomic E-state index is 12.5. The summed E-state index contributed by atoms with van der Waals surface area (Å²) in [6.45, 7) is 1.42. The van der Waals surface area contributed by atoms with E-state index in [0.717, 1.165) is 39.1 Å². The van der Waals surface area contributed by atoms with Crippen molar-refractivity contribution in [2.24, 2.45) is 0 Å². The lowest BCUT2D eigenvalue weighted by Gasteiger charge is -2.30. The topological polar surface area (TPSA) is 61.1 Å². The fraction of sp³-hybridized carbons (Fsp3) is 0.192. The fourth-order valence-electron chi connectivity index (χ4n) is 4.22. The normalized spacial score (nSPS) is 13.4. The van der Waals surface area contributed by atoms with Crippen LogP contribution in [-0.2, 0) is 13.1 Å². The van der Waals surface area contributed by atoms with Crippen molar-refractivity contribution in [3.8, 4) is 28.4 Å². The molecule has 5 rings (SSSR count). The number of halogens is 1. The van der Waals surface area contributed by atoms with Gasteiger partial charge in [0.1, 0.15) is 29.6 Å². The van der Waals surface area contributed by atoms with Crippen molar-refractivity contribution in [1.29, 1.82) is 0 Å². The molecule has 0 unspecified atom stereocenters. The van der Waals surface area contributed by atoms with Crippen LogP contribution in [0, 0.1) is 0 Å². The molecule has 1 aromatic heterocycles. The SMILES string of the molecule is COc1ccc(CN2COc3c(Cl)cc4c(-c5ccccc5)cc(=O)oc4c3C2)c(OC)c1. The van der Waals surface area contributed by atoms with E-state index in [-0.39, 0.29) is 0 Å². The van der Waals surface area contributed by atoms with Crippen LogP contribution in [0.25, 0.3) is 22.1 Å². The van der Waals surface area contributed by atoms with Crippen LogP contribution < -0.4 is 19.8 Å². The van der Waals surface area contributed by atoms with Crippen molar-refractivity contribution in [2.45, 2.75) is 13.1 Å². The van der Waals surface area contributed by atoms with Gasteiger partial charge in [-0.2, -0.15) is 0 Å². The summed E-state index contributed by atoms with van der Waals surface area (Å²) in [4.78, 5) is 14.6. The smallest absolute Gasteiger partial charge is 0.336 e. The number of ether oxygens (including phenoxy) is 3. The molecule has 3 aromatic carbocycles. The van der Waals surface area contributed by atoms with Crippen LogP contribution in [-0.4, -0.2) is 25.9 Å². The highest BCUT2D eigenvalue weighted by molar-refractivity contribution is 6.33. The largest absolute Gasteiger partial charge is 0.497 e. The van der Waals surface area contributed by atoms with E-state index in [4.69, 9.17) is 30.2 Å². The van der Waals surface area contributed by atoms with Crippen LogP contribution >= 0.6 is 11.6 Å². The first-order valence-electron chi connectivity index (χ1n) is 10.5. The Balaban J connectivity index is 1.57. The maximum atomic E-state index is 12.5. The Morgan fingerprint density at radius 2 is 1.85 bits per heavy atom. The molecule has 33 heavy (non-hydrogen) atoms. The van der Waals surface area contributed by atoms with E-state index in [0.29, 0.717) is 36.2 Å². The monoisotopic (exact) mass is 463 g/mol. The molecule has 0 spiro atoms. The predicted molar refractivity (Wildman–Crippen MR) is 127 cm³/mol. The van der Waals surface area contributed by atoms with Gasteiger partial charge in [0.15, 0.2) is 0 Å². The molecule has 2 heterocycles. The molecule has 0 atom stereocenters. The summed E-state index contributed by atoms with van der Waals surface area (Å²) in [6.07, 6.45) is 0. The lowest BCUT2D eigenvalue weighted by Crippen LogP contribution is -2.32. The van der Waals surface area contributed by atoms with Crippen molar-refractivity contribution in [1.82, 2.24) is 4.90 Å². The summed E-state index contributed by atoms with van der Waals surface area (Å²) in [6, 6.07) is 18.8. The van der Waals surface area contributed by atoms with E-state index >= 15 is 0 Å². The van der Waals surface area contributed by atoms with Gasteiger partial charge < -0.3 is 18.6 Å². The first-order valence-corrected chi connectivity index (χ1v) is 10.9. The second kappa shape index (κ2) is 8.81. The van der Waals surface area contributed by atoms with Crippen molar-refractivity contribution in [2.75, 3.05) is 21.0 Å². The molecule has 0 fully saturated rings. The van der Waals surface area contributed by atoms with Gasteiger partial charge in [-0.15, -0.1) is 0 Å². The highest BCUT2D eigenvalue weighted by Crippen LogP contribution is 2.41. The Labute approximate surface area is 195 Å². The van der Waals surface area contributed by atoms with Crippen molar-refractivity contribution < 1.29 is 18.6 Å². The number of methoxy groups -OCH3 is 2. The summed E-state index contributed by atoms with van der Waals surface area (Å²) < 4.78 is 22.5. The number of hydrogen-bond donors (Lipinski definition) is 0. The zero-order valence-corrected chi connectivity index (χ0v) is 19.0. The number of benzene rings is 3.